The van der Waals surface area contributed by atoms with E-state index >= 15 is 0 Å². The summed E-state index contributed by atoms with van der Waals surface area (Å²) in [6.07, 6.45) is 11.1. The summed E-state index contributed by atoms with van der Waals surface area (Å²) in [5.74, 6) is -0.688. The lowest BCUT2D eigenvalue weighted by Gasteiger charge is -2.58. The van der Waals surface area contributed by atoms with Gasteiger partial charge in [0.2, 0.25) is 0 Å². The van der Waals surface area contributed by atoms with Crippen molar-refractivity contribution in [3.63, 3.8) is 0 Å². The molecule has 0 radical (unpaired) electrons. The number of fused-ring (bicyclic) bond motifs is 1. The quantitative estimate of drug-likeness (QED) is 0.390. The standard InChI is InChI=1S/C27H41NO3S/c1-9-17(4)19-18(5)15-25(6)12-10-11-13-26(25,7)21(19)22(29)20-23(32-8)27(31,14-16(2)3)28-24(20)30/h9,15-16,19,21,31H,10-14H2,1-8H3,(H,28,30)/b17-9+/t19-,21+,25+,26-,27+/m1/s1. The third kappa shape index (κ3) is 3.83. The zero-order valence-electron chi connectivity index (χ0n) is 21.1. The molecule has 5 heteroatoms. The number of Topliss-reactive ketones (excluding diaryl/α,β-unsaturated/α-hetero) is 1. The molecule has 2 aliphatic carbocycles. The highest BCUT2D eigenvalue weighted by Gasteiger charge is 2.59. The summed E-state index contributed by atoms with van der Waals surface area (Å²) in [4.78, 5) is 28.1. The predicted octanol–water partition coefficient (Wildman–Crippen LogP) is 5.78. The van der Waals surface area contributed by atoms with Gasteiger partial charge in [0.25, 0.3) is 5.91 Å². The number of thioether (sulfide) groups is 1. The Bertz CT molecular complexity index is 901. The van der Waals surface area contributed by atoms with E-state index in [1.54, 1.807) is 0 Å². The number of amides is 1. The summed E-state index contributed by atoms with van der Waals surface area (Å²) in [6.45, 7) is 14.9. The first kappa shape index (κ1) is 25.3. The summed E-state index contributed by atoms with van der Waals surface area (Å²) in [7, 11) is 0. The lowest BCUT2D eigenvalue weighted by atomic mass is 9.45. The first-order chi connectivity index (χ1) is 14.8. The maximum atomic E-state index is 14.4. The van der Waals surface area contributed by atoms with Crippen LogP contribution in [0.1, 0.15) is 80.6 Å². The average Bonchev–Trinajstić information content (AvgIpc) is 2.94. The Morgan fingerprint density at radius 3 is 2.50 bits per heavy atom. The van der Waals surface area contributed by atoms with Crippen LogP contribution >= 0.6 is 11.8 Å². The van der Waals surface area contributed by atoms with Crippen LogP contribution in [0, 0.1) is 28.6 Å². The van der Waals surface area contributed by atoms with Crippen LogP contribution in [0.15, 0.2) is 33.8 Å². The number of ketones is 1. The Hall–Kier alpha value is -1.33. The number of hydrogen-bond donors (Lipinski definition) is 2. The van der Waals surface area contributed by atoms with Gasteiger partial charge in [-0.15, -0.1) is 11.8 Å². The molecule has 5 atom stereocenters. The molecule has 3 aliphatic rings. The van der Waals surface area contributed by atoms with Gasteiger partial charge >= 0.3 is 0 Å². The topological polar surface area (TPSA) is 66.4 Å². The van der Waals surface area contributed by atoms with Crippen molar-refractivity contribution in [3.8, 4) is 0 Å². The number of hydrogen-bond acceptors (Lipinski definition) is 4. The van der Waals surface area contributed by atoms with Gasteiger partial charge in [0.1, 0.15) is 0 Å². The van der Waals surface area contributed by atoms with E-state index < -0.39 is 11.6 Å². The molecule has 0 bridgehead atoms. The molecule has 1 aliphatic heterocycles. The summed E-state index contributed by atoms with van der Waals surface area (Å²) in [5.41, 5.74) is 0.798. The van der Waals surface area contributed by atoms with E-state index in [9.17, 15) is 14.7 Å². The highest BCUT2D eigenvalue weighted by molar-refractivity contribution is 8.02. The molecular formula is C27H41NO3S. The van der Waals surface area contributed by atoms with E-state index in [4.69, 9.17) is 0 Å². The molecule has 0 aromatic rings. The van der Waals surface area contributed by atoms with E-state index in [1.807, 2.05) is 27.0 Å². The number of rotatable bonds is 6. The molecule has 0 aromatic heterocycles. The molecule has 1 heterocycles. The minimum absolute atomic E-state index is 0.0223. The van der Waals surface area contributed by atoms with Gasteiger partial charge in [0, 0.05) is 18.3 Å². The highest BCUT2D eigenvalue weighted by Crippen LogP contribution is 2.63. The van der Waals surface area contributed by atoms with Gasteiger partial charge in [0.05, 0.1) is 10.5 Å². The van der Waals surface area contributed by atoms with Gasteiger partial charge in [-0.25, -0.2) is 0 Å². The maximum Gasteiger partial charge on any atom is 0.258 e. The van der Waals surface area contributed by atoms with E-state index in [0.717, 1.165) is 25.7 Å². The van der Waals surface area contributed by atoms with Crippen LogP contribution in [0.4, 0.5) is 0 Å². The van der Waals surface area contributed by atoms with E-state index in [-0.39, 0.29) is 39.9 Å². The van der Waals surface area contributed by atoms with Crippen LogP contribution in [0.25, 0.3) is 0 Å². The zero-order valence-corrected chi connectivity index (χ0v) is 21.9. The van der Waals surface area contributed by atoms with Gasteiger partial charge in [-0.3, -0.25) is 9.59 Å². The Morgan fingerprint density at radius 1 is 1.31 bits per heavy atom. The zero-order chi connectivity index (χ0) is 24.1. The van der Waals surface area contributed by atoms with Crippen molar-refractivity contribution >= 4 is 23.5 Å². The Labute approximate surface area is 198 Å². The third-order valence-electron chi connectivity index (χ3n) is 8.54. The van der Waals surface area contributed by atoms with Gasteiger partial charge in [-0.1, -0.05) is 63.8 Å². The lowest BCUT2D eigenvalue weighted by molar-refractivity contribution is -0.134. The fourth-order valence-corrected chi connectivity index (χ4v) is 7.64. The Balaban J connectivity index is 2.22. The molecule has 4 nitrogen and oxygen atoms in total. The van der Waals surface area contributed by atoms with Crippen molar-refractivity contribution in [1.82, 2.24) is 5.32 Å². The number of nitrogens with one attached hydrogen (secondary N) is 1. The molecular weight excluding hydrogens is 418 g/mol. The van der Waals surface area contributed by atoms with E-state index in [2.05, 4.69) is 45.2 Å². The van der Waals surface area contributed by atoms with Crippen molar-refractivity contribution in [3.05, 3.63) is 33.8 Å². The minimum Gasteiger partial charge on any atom is -0.366 e. The summed E-state index contributed by atoms with van der Waals surface area (Å²) in [6, 6.07) is 0. The van der Waals surface area contributed by atoms with Gasteiger partial charge in [-0.2, -0.15) is 0 Å². The normalized spacial score (nSPS) is 38.0. The van der Waals surface area contributed by atoms with Gasteiger partial charge in [-0.05, 0) is 56.6 Å². The average molecular weight is 460 g/mol. The highest BCUT2D eigenvalue weighted by atomic mass is 32.2. The largest absolute Gasteiger partial charge is 0.366 e. The molecule has 1 amide bonds. The SMILES string of the molecule is C/C=C(\C)[C@@H]1C(C)=C[C@]2(C)CCCC[C@]2(C)[C@@H]1C(=O)C1=C(SC)[C@@](O)(CC(C)C)NC1=O. The number of aliphatic hydroxyl groups is 1. The summed E-state index contributed by atoms with van der Waals surface area (Å²) in [5, 5.41) is 14.1. The van der Waals surface area contributed by atoms with Crippen LogP contribution in [-0.2, 0) is 9.59 Å². The molecule has 0 unspecified atom stereocenters. The fourth-order valence-electron chi connectivity index (χ4n) is 6.77. The second kappa shape index (κ2) is 8.79. The van der Waals surface area contributed by atoms with Crippen LogP contribution < -0.4 is 5.32 Å². The van der Waals surface area contributed by atoms with Crippen LogP contribution in [0.2, 0.25) is 0 Å². The summed E-state index contributed by atoms with van der Waals surface area (Å²) < 4.78 is 0. The smallest absolute Gasteiger partial charge is 0.258 e. The molecule has 0 aromatic carbocycles. The molecule has 0 saturated heterocycles. The number of allylic oxidation sites excluding steroid dienone is 4. The molecule has 1 saturated carbocycles. The first-order valence-corrected chi connectivity index (χ1v) is 13.3. The number of carbonyl (C=O) groups is 2. The van der Waals surface area contributed by atoms with Crippen LogP contribution in [0.3, 0.4) is 0 Å². The monoisotopic (exact) mass is 459 g/mol. The van der Waals surface area contributed by atoms with Gasteiger partial charge in [0.15, 0.2) is 11.5 Å². The third-order valence-corrected chi connectivity index (χ3v) is 9.49. The van der Waals surface area contributed by atoms with Crippen molar-refractivity contribution in [2.75, 3.05) is 6.26 Å². The Morgan fingerprint density at radius 2 is 1.94 bits per heavy atom. The summed E-state index contributed by atoms with van der Waals surface area (Å²) >= 11 is 1.33. The Kier molecular flexibility index (Phi) is 6.95. The van der Waals surface area contributed by atoms with Crippen molar-refractivity contribution in [2.45, 2.75) is 86.3 Å². The van der Waals surface area contributed by atoms with Crippen molar-refractivity contribution in [2.24, 2.45) is 28.6 Å². The molecule has 178 valence electrons. The van der Waals surface area contributed by atoms with E-state index in [1.165, 1.54) is 22.9 Å². The second-order valence-electron chi connectivity index (χ2n) is 11.1. The van der Waals surface area contributed by atoms with Crippen LogP contribution in [0.5, 0.6) is 0 Å². The fraction of sp³-hybridized carbons (Fsp3) is 0.704. The van der Waals surface area contributed by atoms with E-state index in [0.29, 0.717) is 11.3 Å². The molecule has 32 heavy (non-hydrogen) atoms. The second-order valence-corrected chi connectivity index (χ2v) is 11.9. The first-order valence-electron chi connectivity index (χ1n) is 12.0. The van der Waals surface area contributed by atoms with Gasteiger partial charge < -0.3 is 10.4 Å². The molecule has 2 N–H and O–H groups in total. The van der Waals surface area contributed by atoms with Crippen LogP contribution in [-0.4, -0.2) is 28.8 Å². The molecule has 1 fully saturated rings. The molecule has 3 rings (SSSR count). The number of carbonyl (C=O) groups excluding carboxylic acids is 2. The van der Waals surface area contributed by atoms with Crippen molar-refractivity contribution in [1.29, 1.82) is 0 Å². The minimum atomic E-state index is -1.46. The molecule has 0 spiro atoms. The predicted molar refractivity (Wildman–Crippen MR) is 133 cm³/mol. The maximum absolute atomic E-state index is 14.4. The van der Waals surface area contributed by atoms with Crippen molar-refractivity contribution < 1.29 is 14.7 Å². The lowest BCUT2D eigenvalue weighted by Crippen LogP contribution is -2.54.